The first kappa shape index (κ1) is 96.6. The van der Waals surface area contributed by atoms with Gasteiger partial charge >= 0.3 is 50.5 Å². The fourth-order valence-corrected chi connectivity index (χ4v) is 13.0. The number of benzene rings is 12. The number of halogens is 3. The van der Waals surface area contributed by atoms with Crippen molar-refractivity contribution in [2.75, 3.05) is 0 Å². The molecule has 0 spiro atoms. The number of hydrogen-bond acceptors (Lipinski definition) is 17. The first-order chi connectivity index (χ1) is 64.6. The van der Waals surface area contributed by atoms with Gasteiger partial charge in [0.05, 0.1) is 115 Å². The van der Waals surface area contributed by atoms with Gasteiger partial charge < -0.3 is 9.67 Å². The van der Waals surface area contributed by atoms with Crippen molar-refractivity contribution >= 4 is 71.4 Å². The third-order valence-electron chi connectivity index (χ3n) is 19.7. The number of aromatic amines is 1. The molecular weight excluding hydrogens is 1990 g/mol. The monoisotopic (exact) mass is 2060 g/mol. The average molecular weight is 2060 g/mol. The van der Waals surface area contributed by atoms with E-state index in [2.05, 4.69) is 159 Å². The Balaban J connectivity index is 0.000000162. The van der Waals surface area contributed by atoms with Crippen LogP contribution in [0.1, 0.15) is 143 Å². The van der Waals surface area contributed by atoms with Crippen molar-refractivity contribution < 1.29 is 18.4 Å². The summed E-state index contributed by atoms with van der Waals surface area (Å²) < 4.78 is 7.17. The molecule has 0 bridgehead atoms. The van der Waals surface area contributed by atoms with E-state index in [1.165, 1.54) is 42.8 Å². The summed E-state index contributed by atoms with van der Waals surface area (Å²) in [6.07, 6.45) is 15.0. The van der Waals surface area contributed by atoms with E-state index in [-0.39, 0.29) is 30.1 Å². The molecule has 17 rings (SSSR count). The van der Waals surface area contributed by atoms with E-state index in [1.807, 2.05) is 156 Å². The molecule has 0 aliphatic heterocycles. The number of nitrogens with one attached hydrogen (secondary N) is 1. The Kier molecular flexibility index (Phi) is 37.8. The van der Waals surface area contributed by atoms with Crippen LogP contribution in [0.3, 0.4) is 0 Å². The Hall–Kier alpha value is -17.6. The Morgan fingerprint density at radius 2 is 0.500 bits per heavy atom. The number of aliphatic hydroxyl groups excluding tert-OH is 1. The van der Waals surface area contributed by atoms with Gasteiger partial charge in [0, 0.05) is 5.92 Å². The first-order valence-corrected chi connectivity index (χ1v) is 51.8. The summed E-state index contributed by atoms with van der Waals surface area (Å²) in [6, 6.07) is 100. The molecule has 17 aromatic rings. The summed E-state index contributed by atoms with van der Waals surface area (Å²) in [5.41, 5.74) is 19.2. The summed E-state index contributed by atoms with van der Waals surface area (Å²) >= 11 is 5.30. The van der Waals surface area contributed by atoms with Crippen LogP contribution in [0.5, 0.6) is 0 Å². The van der Waals surface area contributed by atoms with E-state index in [0.29, 0.717) is 80.8 Å². The van der Waals surface area contributed by atoms with E-state index < -0.39 is 6.10 Å². The van der Waals surface area contributed by atoms with Crippen LogP contribution in [0.25, 0.3) is 29.1 Å². The molecule has 12 aromatic carbocycles. The zero-order valence-electron chi connectivity index (χ0n) is 69.7. The van der Waals surface area contributed by atoms with Gasteiger partial charge in [-0.15, -0.1) is 10.2 Å². The largest absolute Gasteiger partial charge is 0.384 e. The van der Waals surface area contributed by atoms with E-state index in [4.69, 9.17) is 71.0 Å². The van der Waals surface area contributed by atoms with Gasteiger partial charge in [0.25, 0.3) is 0 Å². The van der Waals surface area contributed by atoms with Gasteiger partial charge in [-0.2, -0.15) is 52.0 Å². The van der Waals surface area contributed by atoms with Crippen molar-refractivity contribution in [3.8, 4) is 36.4 Å². The van der Waals surface area contributed by atoms with Crippen LogP contribution >= 0.6 is 37.2 Å². The van der Waals surface area contributed by atoms with Gasteiger partial charge in [0.15, 0.2) is 34.1 Å². The van der Waals surface area contributed by atoms with Crippen LogP contribution < -0.4 is 13.3 Å². The second-order valence-corrected chi connectivity index (χ2v) is 43.8. The van der Waals surface area contributed by atoms with Crippen molar-refractivity contribution in [1.82, 2.24) is 74.2 Å². The number of aromatic nitrogens is 15. The predicted octanol–water partition coefficient (Wildman–Crippen LogP) is 19.4. The molecule has 31 heteroatoms. The zero-order valence-corrected chi connectivity index (χ0v) is 76.1. The third-order valence-corrected chi connectivity index (χ3v) is 19.7. The molecule has 2 N–H and O–H groups in total. The summed E-state index contributed by atoms with van der Waals surface area (Å²) in [4.78, 5) is 35.9. The number of nitriles is 6. The van der Waals surface area contributed by atoms with Crippen LogP contribution in [0.15, 0.2) is 354 Å². The van der Waals surface area contributed by atoms with Crippen LogP contribution in [-0.4, -0.2) is 79.3 Å². The Labute approximate surface area is 791 Å². The molecule has 0 amide bonds. The van der Waals surface area contributed by atoms with E-state index in [1.54, 1.807) is 191 Å². The molecule has 132 heavy (non-hydrogen) atoms. The number of rotatable bonds is 16. The molecule has 0 aliphatic carbocycles. The topological polar surface area (TPSA) is 354 Å². The standard InChI is InChI=1S/4C17H11N5.C16H12N2.C15H10N2O.C2H3N3.I3/c1-19-16-8-6-15(7-9-16)17(22-11-20-21-12-22)14-4-2-13(10-18)3-5-14;3*1-19-16-8-6-15(7-9-16)17(22-12-20-11-21-22)14-4-2-13(10-18)3-5-14;1-12(14-5-3-13(11-17)4-6-14)15-7-9-16(18-2)10-8-15;1-17-14-8-6-13(7-9-14)15(18)12-4-2-11(10-16)3-5-12;1-3-2-5-4-1;1-3-2/h4*2-9,11-12,17H;3-10,12H,1H3;2-9,15,18H;1-2H,(H,3,4,5);/q;;;;;;;-1. The minimum Gasteiger partial charge on any atom is -0.384 e. The molecule has 5 heterocycles. The number of nitrogens with zero attached hydrogens (tertiary/aromatic N) is 26. The number of aliphatic hydroxyl groups is 1. The SMILES string of the molecule is I[I-]I.[C-]#[N+]c1ccc(C(C)c2ccc(C#N)cc2)cc1.[C-]#[N+]c1ccc(C(O)c2ccc(C#N)cc2)cc1.[C-]#[N+]c1ccc(C(c2ccc(C#N)cc2)n2cncn2)cc1.[C-]#[N+]c1ccc(C(c2ccc(C#N)cc2)n2cncn2)cc1.[C-]#[N+]c1ccc(C(c2ccc(C#N)cc2)n2cncn2)cc1.[C-]#[N+]c1ccc(C(c2ccc(C#N)cc2)n2cnnc2)cc1.c1nc[nH]n1. The quantitative estimate of drug-likeness (QED) is 0.0670. The molecule has 0 fully saturated rings. The van der Waals surface area contributed by atoms with Crippen LogP contribution in [0, 0.1) is 107 Å². The zero-order chi connectivity index (χ0) is 93.6. The molecule has 0 aliphatic rings. The summed E-state index contributed by atoms with van der Waals surface area (Å²) in [6.45, 7) is 44.1. The Morgan fingerprint density at radius 1 is 0.295 bits per heavy atom. The number of H-pyrrole nitrogens is 1. The van der Waals surface area contributed by atoms with Gasteiger partial charge in [0.1, 0.15) is 87.5 Å². The van der Waals surface area contributed by atoms with Crippen molar-refractivity contribution in [2.24, 2.45) is 0 Å². The third kappa shape index (κ3) is 27.9. The molecule has 6 atom stereocenters. The van der Waals surface area contributed by atoms with E-state index in [0.717, 1.165) is 55.6 Å². The number of hydrogen-bond donors (Lipinski definition) is 2. The van der Waals surface area contributed by atoms with Crippen molar-refractivity contribution in [3.63, 3.8) is 0 Å². The molecule has 28 nitrogen and oxygen atoms in total. The molecule has 636 valence electrons. The molecule has 0 saturated heterocycles. The van der Waals surface area contributed by atoms with Crippen LogP contribution in [-0.2, 0) is 0 Å². The maximum absolute atomic E-state index is 10.2. The predicted molar refractivity (Wildman–Crippen MR) is 508 cm³/mol. The second kappa shape index (κ2) is 51.7. The molecule has 6 unspecified atom stereocenters. The molecule has 5 aromatic heterocycles. The van der Waals surface area contributed by atoms with Crippen molar-refractivity contribution in [3.05, 3.63) is 523 Å². The van der Waals surface area contributed by atoms with E-state index >= 15 is 0 Å². The smallest absolute Gasteiger partial charge is 0.187 e. The van der Waals surface area contributed by atoms with Gasteiger partial charge in [-0.05, 0) is 140 Å². The Bertz CT molecular complexity index is 5920. The van der Waals surface area contributed by atoms with Gasteiger partial charge in [0.2, 0.25) is 0 Å². The van der Waals surface area contributed by atoms with Gasteiger partial charge in [-0.25, -0.2) is 63.1 Å². The molecule has 0 radical (unpaired) electrons. The summed E-state index contributed by atoms with van der Waals surface area (Å²) in [5.74, 6) is 0.262. The van der Waals surface area contributed by atoms with Gasteiger partial charge in [-0.3, -0.25) is 5.10 Å². The van der Waals surface area contributed by atoms with Crippen LogP contribution in [0.4, 0.5) is 34.1 Å². The van der Waals surface area contributed by atoms with Gasteiger partial charge in [-0.1, -0.05) is 225 Å². The summed E-state index contributed by atoms with van der Waals surface area (Å²) in [5, 5.41) is 89.7. The maximum atomic E-state index is 10.2. The normalized spacial score (nSPS) is 11.1. The second-order valence-electron chi connectivity index (χ2n) is 27.6. The average Bonchev–Trinajstić information content (AvgIpc) is 1.55. The molecule has 0 saturated carbocycles. The van der Waals surface area contributed by atoms with E-state index in [9.17, 15) is 5.11 Å². The van der Waals surface area contributed by atoms with Crippen molar-refractivity contribution in [1.29, 1.82) is 31.6 Å². The minimum atomic E-state index is -0.738. The van der Waals surface area contributed by atoms with Crippen LogP contribution in [0.2, 0.25) is 0 Å². The fourth-order valence-electron chi connectivity index (χ4n) is 13.0. The minimum absolute atomic E-state index is 0.0949. The fraction of sp³-hybridized carbons (Fsp3) is 0.0693. The van der Waals surface area contributed by atoms with Crippen molar-refractivity contribution in [2.45, 2.75) is 43.1 Å². The maximum Gasteiger partial charge on any atom is 0.187 e. The molecular formula is C101H69I3N27O-. The Morgan fingerprint density at radius 3 is 0.689 bits per heavy atom. The first-order valence-electron chi connectivity index (χ1n) is 39.2. The summed E-state index contributed by atoms with van der Waals surface area (Å²) in [7, 11) is 0.